The average Bonchev–Trinajstić information content (AvgIpc) is 2.55. The first-order chi connectivity index (χ1) is 10.2. The van der Waals surface area contributed by atoms with E-state index in [4.69, 9.17) is 0 Å². The number of carbonyl (C=O) groups excluding carboxylic acids is 1. The molecular weight excluding hydrogens is 260 g/mol. The number of hydrogen-bond acceptors (Lipinski definition) is 2. The molecule has 2 rings (SSSR count). The van der Waals surface area contributed by atoms with Crippen LogP contribution >= 0.6 is 0 Å². The Labute approximate surface area is 126 Å². The van der Waals surface area contributed by atoms with Crippen molar-refractivity contribution in [3.63, 3.8) is 0 Å². The molecule has 1 unspecified atom stereocenters. The van der Waals surface area contributed by atoms with Gasteiger partial charge in [-0.3, -0.25) is 4.79 Å². The van der Waals surface area contributed by atoms with Crippen LogP contribution in [0, 0.1) is 0 Å². The fraction of sp³-hybridized carbons (Fsp3) is 0.278. The van der Waals surface area contributed by atoms with Crippen molar-refractivity contribution in [2.24, 2.45) is 0 Å². The highest BCUT2D eigenvalue weighted by Gasteiger charge is 2.22. The highest BCUT2D eigenvalue weighted by Crippen LogP contribution is 2.24. The smallest absolute Gasteiger partial charge is 0.232 e. The van der Waals surface area contributed by atoms with Gasteiger partial charge in [0.05, 0.1) is 5.92 Å². The Hall–Kier alpha value is -2.13. The third-order valence-corrected chi connectivity index (χ3v) is 3.60. The summed E-state index contributed by atoms with van der Waals surface area (Å²) in [6.45, 7) is 2.66. The molecule has 2 N–H and O–H groups in total. The summed E-state index contributed by atoms with van der Waals surface area (Å²) >= 11 is 0. The topological polar surface area (TPSA) is 41.1 Å². The molecule has 3 heteroatoms. The second kappa shape index (κ2) is 7.60. The molecule has 0 bridgehead atoms. The van der Waals surface area contributed by atoms with E-state index in [9.17, 15) is 4.79 Å². The number of benzene rings is 2. The van der Waals surface area contributed by atoms with Crippen molar-refractivity contribution in [2.75, 3.05) is 13.6 Å². The second-order valence-corrected chi connectivity index (χ2v) is 5.19. The first-order valence-corrected chi connectivity index (χ1v) is 7.27. The zero-order valence-corrected chi connectivity index (χ0v) is 12.5. The molecule has 0 radical (unpaired) electrons. The van der Waals surface area contributed by atoms with Crippen LogP contribution in [-0.2, 0) is 4.79 Å². The predicted molar refractivity (Wildman–Crippen MR) is 86.3 cm³/mol. The van der Waals surface area contributed by atoms with Crippen LogP contribution in [0.5, 0.6) is 0 Å². The predicted octanol–water partition coefficient (Wildman–Crippen LogP) is 2.54. The normalized spacial score (nSPS) is 12.1. The lowest BCUT2D eigenvalue weighted by molar-refractivity contribution is -0.121. The summed E-state index contributed by atoms with van der Waals surface area (Å²) in [5, 5.41) is 6.15. The third-order valence-electron chi connectivity index (χ3n) is 3.60. The minimum absolute atomic E-state index is 0.0366. The van der Waals surface area contributed by atoms with Crippen LogP contribution < -0.4 is 10.6 Å². The minimum atomic E-state index is -0.267. The number of nitrogens with one attached hydrogen (secondary N) is 2. The molecule has 0 aliphatic heterocycles. The van der Waals surface area contributed by atoms with Gasteiger partial charge in [-0.05, 0) is 25.1 Å². The zero-order chi connectivity index (χ0) is 15.1. The summed E-state index contributed by atoms with van der Waals surface area (Å²) in [4.78, 5) is 12.6. The van der Waals surface area contributed by atoms with Gasteiger partial charge in [0, 0.05) is 12.6 Å². The van der Waals surface area contributed by atoms with Gasteiger partial charge in [0.1, 0.15) is 0 Å². The zero-order valence-electron chi connectivity index (χ0n) is 12.5. The van der Waals surface area contributed by atoms with Crippen molar-refractivity contribution in [3.05, 3.63) is 71.8 Å². The maximum absolute atomic E-state index is 12.6. The fourth-order valence-electron chi connectivity index (χ4n) is 2.24. The van der Waals surface area contributed by atoms with Gasteiger partial charge in [0.25, 0.3) is 0 Å². The number of rotatable bonds is 6. The number of amides is 1. The van der Waals surface area contributed by atoms with E-state index in [0.29, 0.717) is 6.54 Å². The monoisotopic (exact) mass is 282 g/mol. The van der Waals surface area contributed by atoms with Crippen LogP contribution in [-0.4, -0.2) is 25.5 Å². The molecule has 21 heavy (non-hydrogen) atoms. The molecule has 3 nitrogen and oxygen atoms in total. The Kier molecular flexibility index (Phi) is 5.52. The largest absolute Gasteiger partial charge is 0.354 e. The van der Waals surface area contributed by atoms with Gasteiger partial charge in [0.15, 0.2) is 0 Å². The molecule has 1 amide bonds. The van der Waals surface area contributed by atoms with Crippen molar-refractivity contribution in [1.82, 2.24) is 10.6 Å². The van der Waals surface area contributed by atoms with Crippen molar-refractivity contribution in [1.29, 1.82) is 0 Å². The van der Waals surface area contributed by atoms with Gasteiger partial charge in [-0.1, -0.05) is 60.7 Å². The highest BCUT2D eigenvalue weighted by atomic mass is 16.1. The Morgan fingerprint density at radius 3 is 1.86 bits per heavy atom. The molecule has 0 aliphatic carbocycles. The van der Waals surface area contributed by atoms with Gasteiger partial charge in [-0.25, -0.2) is 0 Å². The van der Waals surface area contributed by atoms with E-state index in [-0.39, 0.29) is 17.9 Å². The number of likely N-dealkylation sites (N-methyl/N-ethyl adjacent to an activating group) is 1. The molecule has 2 aromatic carbocycles. The van der Waals surface area contributed by atoms with Gasteiger partial charge < -0.3 is 10.6 Å². The lowest BCUT2D eigenvalue weighted by atomic mass is 9.90. The van der Waals surface area contributed by atoms with Crippen molar-refractivity contribution in [3.8, 4) is 0 Å². The molecule has 2 aromatic rings. The summed E-state index contributed by atoms with van der Waals surface area (Å²) in [6.07, 6.45) is 0. The van der Waals surface area contributed by atoms with Crippen molar-refractivity contribution >= 4 is 5.91 Å². The molecule has 0 heterocycles. The van der Waals surface area contributed by atoms with Gasteiger partial charge in [-0.15, -0.1) is 0 Å². The Morgan fingerprint density at radius 1 is 0.952 bits per heavy atom. The molecule has 1 atom stereocenters. The van der Waals surface area contributed by atoms with Crippen LogP contribution in [0.3, 0.4) is 0 Å². The van der Waals surface area contributed by atoms with Crippen LogP contribution in [0.25, 0.3) is 0 Å². The summed E-state index contributed by atoms with van der Waals surface area (Å²) in [6, 6.07) is 20.0. The quantitative estimate of drug-likeness (QED) is 0.855. The number of carbonyl (C=O) groups is 1. The SMILES string of the molecule is CNC(C)CNC(=O)C(c1ccccc1)c1ccccc1. The second-order valence-electron chi connectivity index (χ2n) is 5.19. The molecule has 0 aliphatic rings. The lowest BCUT2D eigenvalue weighted by Crippen LogP contribution is -2.39. The maximum atomic E-state index is 12.6. The van der Waals surface area contributed by atoms with Crippen LogP contribution in [0.4, 0.5) is 0 Å². The Morgan fingerprint density at radius 2 is 1.43 bits per heavy atom. The van der Waals surface area contributed by atoms with E-state index >= 15 is 0 Å². The van der Waals surface area contributed by atoms with E-state index in [1.54, 1.807) is 0 Å². The molecule has 110 valence electrons. The first-order valence-electron chi connectivity index (χ1n) is 7.27. The van der Waals surface area contributed by atoms with Crippen LogP contribution in [0.1, 0.15) is 24.0 Å². The Balaban J connectivity index is 2.23. The minimum Gasteiger partial charge on any atom is -0.354 e. The van der Waals surface area contributed by atoms with Crippen molar-refractivity contribution < 1.29 is 4.79 Å². The molecule has 0 aromatic heterocycles. The molecule has 0 spiro atoms. The van der Waals surface area contributed by atoms with E-state index in [1.807, 2.05) is 74.6 Å². The summed E-state index contributed by atoms with van der Waals surface area (Å²) in [5.41, 5.74) is 2.02. The summed E-state index contributed by atoms with van der Waals surface area (Å²) in [7, 11) is 1.89. The molecule has 0 saturated heterocycles. The van der Waals surface area contributed by atoms with Gasteiger partial charge in [-0.2, -0.15) is 0 Å². The summed E-state index contributed by atoms with van der Waals surface area (Å²) < 4.78 is 0. The van der Waals surface area contributed by atoms with E-state index in [1.165, 1.54) is 0 Å². The molecular formula is C18H22N2O. The number of hydrogen-bond donors (Lipinski definition) is 2. The van der Waals surface area contributed by atoms with E-state index in [2.05, 4.69) is 10.6 Å². The average molecular weight is 282 g/mol. The Bertz CT molecular complexity index is 514. The van der Waals surface area contributed by atoms with Crippen LogP contribution in [0.15, 0.2) is 60.7 Å². The highest BCUT2D eigenvalue weighted by molar-refractivity contribution is 5.87. The van der Waals surface area contributed by atoms with Gasteiger partial charge >= 0.3 is 0 Å². The van der Waals surface area contributed by atoms with Gasteiger partial charge in [0.2, 0.25) is 5.91 Å². The van der Waals surface area contributed by atoms with E-state index < -0.39 is 0 Å². The third kappa shape index (κ3) is 4.17. The molecule has 0 saturated carbocycles. The van der Waals surface area contributed by atoms with Crippen LogP contribution in [0.2, 0.25) is 0 Å². The fourth-order valence-corrected chi connectivity index (χ4v) is 2.24. The summed E-state index contributed by atoms with van der Waals surface area (Å²) in [5.74, 6) is -0.231. The maximum Gasteiger partial charge on any atom is 0.232 e. The van der Waals surface area contributed by atoms with Crippen molar-refractivity contribution in [2.45, 2.75) is 18.9 Å². The standard InChI is InChI=1S/C18H22N2O/c1-14(19-2)13-20-18(21)17(15-9-5-3-6-10-15)16-11-7-4-8-12-16/h3-12,14,17,19H,13H2,1-2H3,(H,20,21). The lowest BCUT2D eigenvalue weighted by Gasteiger charge is -2.19. The van der Waals surface area contributed by atoms with E-state index in [0.717, 1.165) is 11.1 Å². The molecule has 0 fully saturated rings. The first kappa shape index (κ1) is 15.3.